The van der Waals surface area contributed by atoms with E-state index in [1.165, 1.54) is 0 Å². The minimum absolute atomic E-state index is 0.0315. The molecule has 37 heavy (non-hydrogen) atoms. The molecule has 0 bridgehead atoms. The number of benzene rings is 3. The van der Waals surface area contributed by atoms with Crippen LogP contribution < -0.4 is 0 Å². The highest BCUT2D eigenvalue weighted by molar-refractivity contribution is 6.31. The molecule has 8 nitrogen and oxygen atoms in total. The molecule has 3 heterocycles. The first-order valence-electron chi connectivity index (χ1n) is 12.0. The number of ether oxygens (including phenoxy) is 1. The maximum atomic E-state index is 13.4. The molecule has 0 saturated carbocycles. The fourth-order valence-corrected chi connectivity index (χ4v) is 5.00. The molecule has 3 aromatic carbocycles. The minimum atomic E-state index is -0.546. The summed E-state index contributed by atoms with van der Waals surface area (Å²) in [6.45, 7) is 3.34. The van der Waals surface area contributed by atoms with Crippen LogP contribution in [-0.4, -0.2) is 51.8 Å². The van der Waals surface area contributed by atoms with E-state index in [2.05, 4.69) is 20.1 Å². The molecular formula is C28H24ClN5O3. The SMILES string of the molecule is O=C(N=Nc1c(O)n(CN2CCOCC2)c2ccccc12)c1[nH]c2ccc(Cl)cc2c1-c1ccccc1. The summed E-state index contributed by atoms with van der Waals surface area (Å²) in [4.78, 5) is 18.8. The molecule has 1 amide bonds. The first-order valence-corrected chi connectivity index (χ1v) is 12.4. The Balaban J connectivity index is 1.40. The van der Waals surface area contributed by atoms with E-state index in [1.54, 1.807) is 10.6 Å². The Morgan fingerprint density at radius 2 is 1.76 bits per heavy atom. The average Bonchev–Trinajstić information content (AvgIpc) is 3.43. The highest BCUT2D eigenvalue weighted by Gasteiger charge is 2.22. The van der Waals surface area contributed by atoms with Gasteiger partial charge in [0.05, 0.1) is 25.4 Å². The van der Waals surface area contributed by atoms with Crippen molar-refractivity contribution in [2.45, 2.75) is 6.67 Å². The summed E-state index contributed by atoms with van der Waals surface area (Å²) in [5.41, 5.74) is 3.73. The third kappa shape index (κ3) is 4.40. The number of fused-ring (bicyclic) bond motifs is 2. The Labute approximate surface area is 217 Å². The number of H-pyrrole nitrogens is 1. The number of amides is 1. The first kappa shape index (κ1) is 23.4. The second-order valence-electron chi connectivity index (χ2n) is 8.93. The molecule has 0 radical (unpaired) electrons. The molecule has 186 valence electrons. The van der Waals surface area contributed by atoms with Crippen molar-refractivity contribution in [2.24, 2.45) is 10.2 Å². The molecule has 9 heteroatoms. The van der Waals surface area contributed by atoms with Crippen molar-refractivity contribution >= 4 is 45.0 Å². The van der Waals surface area contributed by atoms with Crippen LogP contribution in [0.2, 0.25) is 5.02 Å². The number of halogens is 1. The number of nitrogens with zero attached hydrogens (tertiary/aromatic N) is 4. The lowest BCUT2D eigenvalue weighted by Gasteiger charge is -2.27. The Bertz CT molecular complexity index is 1630. The monoisotopic (exact) mass is 513 g/mol. The highest BCUT2D eigenvalue weighted by atomic mass is 35.5. The topological polar surface area (TPSA) is 95.2 Å². The quantitative estimate of drug-likeness (QED) is 0.267. The van der Waals surface area contributed by atoms with E-state index in [-0.39, 0.29) is 11.6 Å². The van der Waals surface area contributed by atoms with E-state index in [4.69, 9.17) is 16.3 Å². The van der Waals surface area contributed by atoms with Crippen molar-refractivity contribution in [3.63, 3.8) is 0 Å². The molecule has 0 atom stereocenters. The average molecular weight is 514 g/mol. The van der Waals surface area contributed by atoms with Gasteiger partial charge in [-0.1, -0.05) is 60.1 Å². The van der Waals surface area contributed by atoms with Gasteiger partial charge < -0.3 is 14.8 Å². The van der Waals surface area contributed by atoms with Gasteiger partial charge in [-0.05, 0) is 29.8 Å². The number of azo groups is 1. The summed E-state index contributed by atoms with van der Waals surface area (Å²) in [5, 5.41) is 21.6. The Hall–Kier alpha value is -3.98. The van der Waals surface area contributed by atoms with Gasteiger partial charge in [0.25, 0.3) is 0 Å². The zero-order chi connectivity index (χ0) is 25.4. The van der Waals surface area contributed by atoms with E-state index >= 15 is 0 Å². The van der Waals surface area contributed by atoms with Gasteiger partial charge >= 0.3 is 5.91 Å². The Kier molecular flexibility index (Phi) is 6.21. The molecule has 2 aromatic heterocycles. The second kappa shape index (κ2) is 9.82. The van der Waals surface area contributed by atoms with Crippen LogP contribution >= 0.6 is 11.6 Å². The summed E-state index contributed by atoms with van der Waals surface area (Å²) in [7, 11) is 0. The summed E-state index contributed by atoms with van der Waals surface area (Å²) in [6, 6.07) is 22.6. The van der Waals surface area contributed by atoms with E-state index in [1.807, 2.05) is 66.7 Å². The highest BCUT2D eigenvalue weighted by Crippen LogP contribution is 2.40. The van der Waals surface area contributed by atoms with Crippen molar-refractivity contribution in [1.82, 2.24) is 14.5 Å². The van der Waals surface area contributed by atoms with E-state index in [0.29, 0.717) is 36.2 Å². The number of carbonyl (C=O) groups excluding carboxylic acids is 1. The predicted octanol–water partition coefficient (Wildman–Crippen LogP) is 6.36. The third-order valence-electron chi connectivity index (χ3n) is 6.64. The largest absolute Gasteiger partial charge is 0.493 e. The smallest absolute Gasteiger partial charge is 0.312 e. The van der Waals surface area contributed by atoms with Crippen LogP contribution in [0, 0.1) is 0 Å². The predicted molar refractivity (Wildman–Crippen MR) is 144 cm³/mol. The Morgan fingerprint density at radius 1 is 1.00 bits per heavy atom. The zero-order valence-electron chi connectivity index (χ0n) is 19.9. The molecule has 1 fully saturated rings. The van der Waals surface area contributed by atoms with Gasteiger partial charge in [-0.3, -0.25) is 14.3 Å². The molecule has 0 aliphatic carbocycles. The molecule has 5 aromatic rings. The number of nitrogens with one attached hydrogen (secondary N) is 1. The van der Waals surface area contributed by atoms with Crippen molar-refractivity contribution in [1.29, 1.82) is 0 Å². The third-order valence-corrected chi connectivity index (χ3v) is 6.88. The number of aromatic hydroxyl groups is 1. The van der Waals surface area contributed by atoms with E-state index in [0.717, 1.165) is 40.5 Å². The van der Waals surface area contributed by atoms with Crippen LogP contribution in [0.15, 0.2) is 83.0 Å². The maximum absolute atomic E-state index is 13.4. The number of para-hydroxylation sites is 1. The lowest BCUT2D eigenvalue weighted by molar-refractivity contribution is 0.0231. The molecule has 0 unspecified atom stereocenters. The van der Waals surface area contributed by atoms with Gasteiger partial charge in [0.2, 0.25) is 5.88 Å². The van der Waals surface area contributed by atoms with Crippen molar-refractivity contribution in [3.05, 3.63) is 83.5 Å². The Morgan fingerprint density at radius 3 is 2.57 bits per heavy atom. The zero-order valence-corrected chi connectivity index (χ0v) is 20.7. The van der Waals surface area contributed by atoms with Gasteiger partial charge in [0.15, 0.2) is 5.69 Å². The van der Waals surface area contributed by atoms with Crippen molar-refractivity contribution in [3.8, 4) is 17.0 Å². The fourth-order valence-electron chi connectivity index (χ4n) is 4.83. The van der Waals surface area contributed by atoms with Gasteiger partial charge in [0, 0.05) is 40.0 Å². The van der Waals surface area contributed by atoms with Crippen LogP contribution in [-0.2, 0) is 11.4 Å². The molecular weight excluding hydrogens is 490 g/mol. The summed E-state index contributed by atoms with van der Waals surface area (Å²) < 4.78 is 7.23. The number of carbonyl (C=O) groups is 1. The summed E-state index contributed by atoms with van der Waals surface area (Å²) in [5.74, 6) is -0.577. The molecule has 6 rings (SSSR count). The number of aromatic nitrogens is 2. The van der Waals surface area contributed by atoms with Crippen LogP contribution in [0.4, 0.5) is 5.69 Å². The van der Waals surface area contributed by atoms with Crippen LogP contribution in [0.1, 0.15) is 10.5 Å². The summed E-state index contributed by atoms with van der Waals surface area (Å²) >= 11 is 6.27. The molecule has 1 saturated heterocycles. The fraction of sp³-hybridized carbons (Fsp3) is 0.179. The van der Waals surface area contributed by atoms with Crippen LogP contribution in [0.5, 0.6) is 5.88 Å². The van der Waals surface area contributed by atoms with Crippen LogP contribution in [0.3, 0.4) is 0 Å². The maximum Gasteiger partial charge on any atom is 0.312 e. The number of rotatable bonds is 5. The normalized spacial score (nSPS) is 14.7. The lowest BCUT2D eigenvalue weighted by atomic mass is 10.0. The molecule has 1 aliphatic heterocycles. The van der Waals surface area contributed by atoms with Gasteiger partial charge in [-0.25, -0.2) is 0 Å². The number of hydrogen-bond donors (Lipinski definition) is 2. The summed E-state index contributed by atoms with van der Waals surface area (Å²) in [6.07, 6.45) is 0. The van der Waals surface area contributed by atoms with Gasteiger partial charge in [-0.15, -0.1) is 10.2 Å². The number of morpholine rings is 1. The first-order chi connectivity index (χ1) is 18.1. The minimum Gasteiger partial charge on any atom is -0.493 e. The molecule has 0 spiro atoms. The second-order valence-corrected chi connectivity index (χ2v) is 9.36. The standard InChI is InChI=1S/C28H24ClN5O3/c29-19-10-11-22-21(16-19)24(18-6-2-1-3-7-18)26(30-22)27(35)32-31-25-20-8-4-5-9-23(20)34(28(25)36)17-33-12-14-37-15-13-33/h1-11,16,30,36H,12-15,17H2. The van der Waals surface area contributed by atoms with E-state index < -0.39 is 5.91 Å². The van der Waals surface area contributed by atoms with Crippen molar-refractivity contribution in [2.75, 3.05) is 26.3 Å². The molecule has 1 aliphatic rings. The van der Waals surface area contributed by atoms with Gasteiger partial charge in [0.1, 0.15) is 5.69 Å². The number of aromatic amines is 1. The van der Waals surface area contributed by atoms with Crippen molar-refractivity contribution < 1.29 is 14.6 Å². The number of hydrogen-bond acceptors (Lipinski definition) is 5. The lowest BCUT2D eigenvalue weighted by Crippen LogP contribution is -2.37. The van der Waals surface area contributed by atoms with Crippen LogP contribution in [0.25, 0.3) is 32.9 Å². The van der Waals surface area contributed by atoms with Gasteiger partial charge in [-0.2, -0.15) is 0 Å². The van der Waals surface area contributed by atoms with E-state index in [9.17, 15) is 9.90 Å². The molecule has 2 N–H and O–H groups in total.